The number of imidazole rings is 1. The molecule has 0 bridgehead atoms. The Labute approximate surface area is 115 Å². The fraction of sp³-hybridized carbons (Fsp3) is 0.308. The molecule has 2 aromatic rings. The first-order chi connectivity index (χ1) is 8.67. The van der Waals surface area contributed by atoms with Gasteiger partial charge in [0, 0.05) is 12.6 Å². The van der Waals surface area contributed by atoms with Gasteiger partial charge >= 0.3 is 0 Å². The highest BCUT2D eigenvalue weighted by Gasteiger charge is 2.13. The molecule has 0 aliphatic carbocycles. The number of nitrogens with zero attached hydrogens (tertiary/aromatic N) is 2. The molecule has 0 unspecified atom stereocenters. The van der Waals surface area contributed by atoms with Crippen molar-refractivity contribution in [3.8, 4) is 17.0 Å². The molecule has 0 atom stereocenters. The van der Waals surface area contributed by atoms with E-state index in [0.29, 0.717) is 13.2 Å². The lowest BCUT2D eigenvalue weighted by atomic mass is 10.1. The summed E-state index contributed by atoms with van der Waals surface area (Å²) in [5.74, 6) is 1.72. The lowest BCUT2D eigenvalue weighted by Gasteiger charge is -2.04. The molecule has 96 valence electrons. The first kappa shape index (κ1) is 13.1. The van der Waals surface area contributed by atoms with Crippen LogP contribution in [0.1, 0.15) is 12.7 Å². The Kier molecular flexibility index (Phi) is 4.04. The summed E-state index contributed by atoms with van der Waals surface area (Å²) in [6, 6.07) is 7.89. The van der Waals surface area contributed by atoms with Crippen LogP contribution in [0.25, 0.3) is 11.3 Å². The summed E-state index contributed by atoms with van der Waals surface area (Å²) < 4.78 is 8.31. The van der Waals surface area contributed by atoms with Gasteiger partial charge in [-0.05, 0) is 47.1 Å². The van der Waals surface area contributed by atoms with E-state index in [0.717, 1.165) is 27.4 Å². The highest BCUT2D eigenvalue weighted by atomic mass is 79.9. The summed E-state index contributed by atoms with van der Waals surface area (Å²) in [5.41, 5.74) is 7.60. The van der Waals surface area contributed by atoms with Crippen molar-refractivity contribution in [1.29, 1.82) is 0 Å². The largest absolute Gasteiger partial charge is 0.494 e. The van der Waals surface area contributed by atoms with E-state index in [4.69, 9.17) is 10.5 Å². The van der Waals surface area contributed by atoms with Gasteiger partial charge in [-0.25, -0.2) is 4.98 Å². The Morgan fingerprint density at radius 3 is 2.50 bits per heavy atom. The van der Waals surface area contributed by atoms with Crippen molar-refractivity contribution in [1.82, 2.24) is 9.55 Å². The van der Waals surface area contributed by atoms with E-state index in [1.165, 1.54) is 0 Å². The molecule has 1 aromatic carbocycles. The molecule has 2 rings (SSSR count). The Morgan fingerprint density at radius 1 is 1.33 bits per heavy atom. The van der Waals surface area contributed by atoms with Crippen molar-refractivity contribution in [3.05, 3.63) is 34.7 Å². The third kappa shape index (κ3) is 2.42. The molecule has 0 saturated heterocycles. The van der Waals surface area contributed by atoms with E-state index in [-0.39, 0.29) is 0 Å². The van der Waals surface area contributed by atoms with E-state index in [1.807, 2.05) is 42.8 Å². The zero-order valence-corrected chi connectivity index (χ0v) is 12.1. The fourth-order valence-electron chi connectivity index (χ4n) is 1.76. The van der Waals surface area contributed by atoms with Crippen molar-refractivity contribution in [2.24, 2.45) is 12.8 Å². The number of ether oxygens (including phenoxy) is 1. The predicted octanol–water partition coefficient (Wildman–Crippen LogP) is 2.71. The molecule has 0 radical (unpaired) electrons. The summed E-state index contributed by atoms with van der Waals surface area (Å²) in [7, 11) is 1.94. The van der Waals surface area contributed by atoms with E-state index in [9.17, 15) is 0 Å². The quantitative estimate of drug-likeness (QED) is 0.944. The third-order valence-electron chi connectivity index (χ3n) is 2.74. The van der Waals surface area contributed by atoms with Crippen molar-refractivity contribution in [2.45, 2.75) is 13.5 Å². The summed E-state index contributed by atoms with van der Waals surface area (Å²) in [6.45, 7) is 3.06. The highest BCUT2D eigenvalue weighted by Crippen LogP contribution is 2.29. The van der Waals surface area contributed by atoms with E-state index in [2.05, 4.69) is 20.9 Å². The molecule has 1 aromatic heterocycles. The second kappa shape index (κ2) is 5.54. The minimum atomic E-state index is 0.423. The molecule has 18 heavy (non-hydrogen) atoms. The molecule has 0 aliphatic rings. The summed E-state index contributed by atoms with van der Waals surface area (Å²) in [5, 5.41) is 0. The molecule has 0 fully saturated rings. The summed E-state index contributed by atoms with van der Waals surface area (Å²) >= 11 is 3.54. The normalized spacial score (nSPS) is 10.7. The Morgan fingerprint density at radius 2 is 2.00 bits per heavy atom. The van der Waals surface area contributed by atoms with Gasteiger partial charge in [-0.2, -0.15) is 0 Å². The minimum Gasteiger partial charge on any atom is -0.494 e. The first-order valence-electron chi connectivity index (χ1n) is 5.81. The zero-order valence-electron chi connectivity index (χ0n) is 10.5. The van der Waals surface area contributed by atoms with Crippen molar-refractivity contribution >= 4 is 15.9 Å². The maximum Gasteiger partial charge on any atom is 0.123 e. The van der Waals surface area contributed by atoms with Gasteiger partial charge in [-0.15, -0.1) is 0 Å². The molecular formula is C13H16BrN3O. The Balaban J connectivity index is 2.36. The first-order valence-corrected chi connectivity index (χ1v) is 6.61. The van der Waals surface area contributed by atoms with Crippen LogP contribution in [0, 0.1) is 0 Å². The van der Waals surface area contributed by atoms with Gasteiger partial charge in [0.25, 0.3) is 0 Å². The molecular weight excluding hydrogens is 294 g/mol. The van der Waals surface area contributed by atoms with Gasteiger partial charge in [0.15, 0.2) is 0 Å². The minimum absolute atomic E-state index is 0.423. The second-order valence-electron chi connectivity index (χ2n) is 3.89. The van der Waals surface area contributed by atoms with Gasteiger partial charge < -0.3 is 15.0 Å². The van der Waals surface area contributed by atoms with Crippen molar-refractivity contribution < 1.29 is 4.74 Å². The van der Waals surface area contributed by atoms with Crippen LogP contribution < -0.4 is 10.5 Å². The molecule has 5 heteroatoms. The number of hydrogen-bond acceptors (Lipinski definition) is 3. The molecule has 2 N–H and O–H groups in total. The molecule has 0 spiro atoms. The Hall–Kier alpha value is -1.33. The summed E-state index contributed by atoms with van der Waals surface area (Å²) in [6.07, 6.45) is 0. The topological polar surface area (TPSA) is 53.1 Å². The van der Waals surface area contributed by atoms with Gasteiger partial charge in [0.05, 0.1) is 13.2 Å². The Bertz CT molecular complexity index is 534. The summed E-state index contributed by atoms with van der Waals surface area (Å²) in [4.78, 5) is 4.52. The molecule has 1 heterocycles. The number of nitrogens with two attached hydrogens (primary N) is 1. The average molecular weight is 310 g/mol. The standard InChI is InChI=1S/C13H16BrN3O/c1-3-18-10-6-4-9(5-7-10)12-13(14)17(2)11(8-15)16-12/h4-7H,3,8,15H2,1-2H3. The van der Waals surface area contributed by atoms with Crippen LogP contribution in [0.3, 0.4) is 0 Å². The fourth-order valence-corrected chi connectivity index (χ4v) is 2.29. The van der Waals surface area contributed by atoms with E-state index >= 15 is 0 Å². The average Bonchev–Trinajstić information content (AvgIpc) is 2.68. The van der Waals surface area contributed by atoms with Crippen LogP contribution >= 0.6 is 15.9 Å². The van der Waals surface area contributed by atoms with Crippen LogP contribution in [0.5, 0.6) is 5.75 Å². The number of hydrogen-bond donors (Lipinski definition) is 1. The van der Waals surface area contributed by atoms with Crippen LogP contribution in [-0.2, 0) is 13.6 Å². The number of halogens is 1. The number of benzene rings is 1. The maximum absolute atomic E-state index is 5.65. The van der Waals surface area contributed by atoms with Crippen LogP contribution in [-0.4, -0.2) is 16.2 Å². The second-order valence-corrected chi connectivity index (χ2v) is 4.64. The molecule has 0 amide bonds. The number of rotatable bonds is 4. The molecule has 0 saturated carbocycles. The van der Waals surface area contributed by atoms with Crippen molar-refractivity contribution in [2.75, 3.05) is 6.61 Å². The zero-order chi connectivity index (χ0) is 13.1. The number of aromatic nitrogens is 2. The predicted molar refractivity (Wildman–Crippen MR) is 75.4 cm³/mol. The third-order valence-corrected chi connectivity index (χ3v) is 3.65. The van der Waals surface area contributed by atoms with Crippen LogP contribution in [0.2, 0.25) is 0 Å². The maximum atomic E-state index is 5.65. The lowest BCUT2D eigenvalue weighted by molar-refractivity contribution is 0.340. The van der Waals surface area contributed by atoms with E-state index in [1.54, 1.807) is 0 Å². The van der Waals surface area contributed by atoms with Gasteiger partial charge in [0.1, 0.15) is 21.9 Å². The molecule has 0 aliphatic heterocycles. The van der Waals surface area contributed by atoms with Gasteiger partial charge in [-0.3, -0.25) is 0 Å². The van der Waals surface area contributed by atoms with Crippen molar-refractivity contribution in [3.63, 3.8) is 0 Å². The SMILES string of the molecule is CCOc1ccc(-c2nc(CN)n(C)c2Br)cc1. The lowest BCUT2D eigenvalue weighted by Crippen LogP contribution is -2.04. The van der Waals surface area contributed by atoms with Gasteiger partial charge in [0.2, 0.25) is 0 Å². The van der Waals surface area contributed by atoms with E-state index < -0.39 is 0 Å². The van der Waals surface area contributed by atoms with Crippen LogP contribution in [0.15, 0.2) is 28.9 Å². The van der Waals surface area contributed by atoms with Crippen LogP contribution in [0.4, 0.5) is 0 Å². The molecule has 4 nitrogen and oxygen atoms in total. The monoisotopic (exact) mass is 309 g/mol. The smallest absolute Gasteiger partial charge is 0.123 e. The highest BCUT2D eigenvalue weighted by molar-refractivity contribution is 9.10. The van der Waals surface area contributed by atoms with Gasteiger partial charge in [-0.1, -0.05) is 0 Å².